The van der Waals surface area contributed by atoms with Crippen LogP contribution in [-0.4, -0.2) is 25.3 Å². The van der Waals surface area contributed by atoms with E-state index in [0.717, 1.165) is 16.2 Å². The first-order valence-corrected chi connectivity index (χ1v) is 7.98. The zero-order chi connectivity index (χ0) is 12.6. The van der Waals surface area contributed by atoms with Gasteiger partial charge < -0.3 is 0 Å². The van der Waals surface area contributed by atoms with Gasteiger partial charge in [-0.3, -0.25) is 0 Å². The second-order valence-electron chi connectivity index (χ2n) is 4.26. The van der Waals surface area contributed by atoms with Crippen LogP contribution in [0.15, 0.2) is 23.1 Å². The van der Waals surface area contributed by atoms with Crippen molar-refractivity contribution in [3.05, 3.63) is 28.0 Å². The predicted octanol–water partition coefficient (Wildman–Crippen LogP) is 2.70. The Balaban J connectivity index is 2.40. The Morgan fingerprint density at radius 1 is 1.47 bits per heavy atom. The number of thiophene rings is 1. The Kier molecular flexibility index (Phi) is 3.43. The van der Waals surface area contributed by atoms with E-state index in [9.17, 15) is 8.42 Å². The van der Waals surface area contributed by atoms with Gasteiger partial charge in [-0.05, 0) is 26.3 Å². The van der Waals surface area contributed by atoms with Crippen LogP contribution in [0.1, 0.15) is 23.1 Å². The highest BCUT2D eigenvalue weighted by molar-refractivity contribution is 7.89. The van der Waals surface area contributed by atoms with Crippen LogP contribution in [0.5, 0.6) is 0 Å². The van der Waals surface area contributed by atoms with Gasteiger partial charge in [0.25, 0.3) is 0 Å². The molecule has 2 rings (SSSR count). The topological polar surface area (TPSA) is 37.4 Å². The van der Waals surface area contributed by atoms with Gasteiger partial charge in [-0.2, -0.15) is 4.31 Å². The summed E-state index contributed by atoms with van der Waals surface area (Å²) >= 11 is 1.54. The molecule has 0 aromatic carbocycles. The zero-order valence-electron chi connectivity index (χ0n) is 10.3. The molecule has 17 heavy (non-hydrogen) atoms. The van der Waals surface area contributed by atoms with Crippen molar-refractivity contribution in [2.24, 2.45) is 0 Å². The summed E-state index contributed by atoms with van der Waals surface area (Å²) in [4.78, 5) is 2.40. The third kappa shape index (κ3) is 2.19. The van der Waals surface area contributed by atoms with Gasteiger partial charge >= 0.3 is 0 Å². The number of hydrogen-bond acceptors (Lipinski definition) is 3. The van der Waals surface area contributed by atoms with Gasteiger partial charge in [0.2, 0.25) is 10.0 Å². The van der Waals surface area contributed by atoms with Gasteiger partial charge in [0.15, 0.2) is 0 Å². The van der Waals surface area contributed by atoms with Crippen LogP contribution < -0.4 is 0 Å². The van der Waals surface area contributed by atoms with E-state index in [2.05, 4.69) is 0 Å². The fourth-order valence-corrected chi connectivity index (χ4v) is 5.29. The van der Waals surface area contributed by atoms with Crippen molar-refractivity contribution in [1.82, 2.24) is 4.31 Å². The fraction of sp³-hybridized carbons (Fsp3) is 0.500. The van der Waals surface area contributed by atoms with Crippen molar-refractivity contribution < 1.29 is 8.42 Å². The largest absolute Gasteiger partial charge is 0.245 e. The highest BCUT2D eigenvalue weighted by Gasteiger charge is 2.32. The lowest BCUT2D eigenvalue weighted by Gasteiger charge is -2.22. The maximum absolute atomic E-state index is 12.5. The summed E-state index contributed by atoms with van der Waals surface area (Å²) < 4.78 is 26.6. The molecule has 0 radical (unpaired) electrons. The Labute approximate surface area is 107 Å². The number of sulfonamides is 1. The molecule has 0 fully saturated rings. The third-order valence-corrected chi connectivity index (χ3v) is 6.13. The van der Waals surface area contributed by atoms with Crippen molar-refractivity contribution in [2.75, 3.05) is 6.54 Å². The summed E-state index contributed by atoms with van der Waals surface area (Å²) in [6.45, 7) is 6.31. The average Bonchev–Trinajstić information content (AvgIpc) is 2.84. The Morgan fingerprint density at radius 3 is 2.71 bits per heavy atom. The van der Waals surface area contributed by atoms with Crippen LogP contribution in [0.4, 0.5) is 0 Å². The smallest absolute Gasteiger partial charge is 0.207 e. The number of rotatable bonds is 3. The second-order valence-corrected chi connectivity index (χ2v) is 7.58. The molecule has 0 spiro atoms. The minimum atomic E-state index is -3.33. The third-order valence-electron chi connectivity index (χ3n) is 3.01. The maximum atomic E-state index is 12.5. The van der Waals surface area contributed by atoms with E-state index < -0.39 is 10.0 Å². The summed E-state index contributed by atoms with van der Waals surface area (Å²) in [6.07, 6.45) is 4.73. The summed E-state index contributed by atoms with van der Waals surface area (Å²) in [5.74, 6) is 0. The number of hydrogen-bond donors (Lipinski definition) is 0. The minimum Gasteiger partial charge on any atom is -0.207 e. The van der Waals surface area contributed by atoms with E-state index in [4.69, 9.17) is 0 Å². The van der Waals surface area contributed by atoms with E-state index in [1.54, 1.807) is 10.4 Å². The van der Waals surface area contributed by atoms with E-state index in [1.807, 2.05) is 32.9 Å². The molecule has 1 aromatic rings. The average molecular weight is 271 g/mol. The summed E-state index contributed by atoms with van der Waals surface area (Å²) in [7, 11) is -3.33. The molecule has 1 unspecified atom stereocenters. The molecule has 94 valence electrons. The highest BCUT2D eigenvalue weighted by Crippen LogP contribution is 2.30. The van der Waals surface area contributed by atoms with Crippen LogP contribution in [0.3, 0.4) is 0 Å². The standard InChI is InChI=1S/C12H17NO2S2/c1-4-11-6-5-7-13(11)17(14,15)12-8-9(2)16-10(12)3/h5-6,8,11H,4,7H2,1-3H3. The highest BCUT2D eigenvalue weighted by atomic mass is 32.2. The van der Waals surface area contributed by atoms with Crippen molar-refractivity contribution in [3.63, 3.8) is 0 Å². The molecule has 0 saturated carbocycles. The first kappa shape index (κ1) is 12.8. The van der Waals surface area contributed by atoms with Crippen molar-refractivity contribution in [1.29, 1.82) is 0 Å². The Hall–Kier alpha value is -0.650. The molecule has 3 nitrogen and oxygen atoms in total. The molecule has 0 amide bonds. The summed E-state index contributed by atoms with van der Waals surface area (Å²) in [6, 6.07) is 1.79. The van der Waals surface area contributed by atoms with Crippen LogP contribution in [-0.2, 0) is 10.0 Å². The van der Waals surface area contributed by atoms with Gasteiger partial charge in [-0.25, -0.2) is 8.42 Å². The molecule has 2 heterocycles. The Bertz CT molecular complexity index is 543. The first-order valence-electron chi connectivity index (χ1n) is 5.72. The number of aryl methyl sites for hydroxylation is 2. The first-order chi connectivity index (χ1) is 7.96. The van der Waals surface area contributed by atoms with Gasteiger partial charge in [-0.1, -0.05) is 19.1 Å². The van der Waals surface area contributed by atoms with Gasteiger partial charge in [0.05, 0.1) is 4.90 Å². The molecule has 1 aromatic heterocycles. The molecule has 5 heteroatoms. The maximum Gasteiger partial charge on any atom is 0.245 e. The Morgan fingerprint density at radius 2 is 2.18 bits per heavy atom. The normalized spacial score (nSPS) is 21.2. The van der Waals surface area contributed by atoms with Gasteiger partial charge in [-0.15, -0.1) is 11.3 Å². The second kappa shape index (κ2) is 4.55. The SMILES string of the molecule is CCC1C=CCN1S(=O)(=O)c1cc(C)sc1C. The molecule has 0 aliphatic carbocycles. The predicted molar refractivity (Wildman–Crippen MR) is 70.9 cm³/mol. The molecule has 0 N–H and O–H groups in total. The molecule has 1 aliphatic heterocycles. The van der Waals surface area contributed by atoms with E-state index in [1.165, 1.54) is 11.3 Å². The number of nitrogens with zero attached hydrogens (tertiary/aromatic N) is 1. The molecule has 0 saturated heterocycles. The zero-order valence-corrected chi connectivity index (χ0v) is 11.9. The van der Waals surface area contributed by atoms with Crippen LogP contribution in [0, 0.1) is 13.8 Å². The summed E-state index contributed by atoms with van der Waals surface area (Å²) in [5, 5.41) is 0. The lowest BCUT2D eigenvalue weighted by Crippen LogP contribution is -2.35. The monoisotopic (exact) mass is 271 g/mol. The van der Waals surface area contributed by atoms with Gasteiger partial charge in [0, 0.05) is 22.3 Å². The van der Waals surface area contributed by atoms with Crippen molar-refractivity contribution >= 4 is 21.4 Å². The minimum absolute atomic E-state index is 0.0135. The lowest BCUT2D eigenvalue weighted by atomic mass is 10.2. The molecule has 0 bridgehead atoms. The van der Waals surface area contributed by atoms with Crippen LogP contribution >= 0.6 is 11.3 Å². The lowest BCUT2D eigenvalue weighted by molar-refractivity contribution is 0.402. The van der Waals surface area contributed by atoms with Crippen LogP contribution in [0.2, 0.25) is 0 Å². The fourth-order valence-electron chi connectivity index (χ4n) is 2.16. The molecular weight excluding hydrogens is 254 g/mol. The molecule has 1 aliphatic rings. The molecular formula is C12H17NO2S2. The van der Waals surface area contributed by atoms with Crippen LogP contribution in [0.25, 0.3) is 0 Å². The van der Waals surface area contributed by atoms with Gasteiger partial charge in [0.1, 0.15) is 0 Å². The summed E-state index contributed by atoms with van der Waals surface area (Å²) in [5.41, 5.74) is 0. The molecule has 1 atom stereocenters. The van der Waals surface area contributed by atoms with Crippen molar-refractivity contribution in [2.45, 2.75) is 38.1 Å². The quantitative estimate of drug-likeness (QED) is 0.793. The van der Waals surface area contributed by atoms with E-state index in [0.29, 0.717) is 11.4 Å². The van der Waals surface area contributed by atoms with E-state index >= 15 is 0 Å². The van der Waals surface area contributed by atoms with Crippen molar-refractivity contribution in [3.8, 4) is 0 Å². The van der Waals surface area contributed by atoms with E-state index in [-0.39, 0.29) is 6.04 Å².